The van der Waals surface area contributed by atoms with Gasteiger partial charge < -0.3 is 11.8 Å². The fraction of sp³-hybridized carbons (Fsp3) is 0.267. The molecule has 2 rings (SSSR count). The van der Waals surface area contributed by atoms with Crippen LogP contribution >= 0.6 is 0 Å². The Balaban J connectivity index is 0.000000917. The first-order valence-corrected chi connectivity index (χ1v) is 5.88. The second kappa shape index (κ2) is 9.60. The van der Waals surface area contributed by atoms with Crippen LogP contribution in [0.15, 0.2) is 36.7 Å². The molecule has 3 heteroatoms. The van der Waals surface area contributed by atoms with E-state index in [-0.39, 0.29) is 32.7 Å². The molecule has 0 aliphatic heterocycles. The summed E-state index contributed by atoms with van der Waals surface area (Å²) < 4.78 is 0. The van der Waals surface area contributed by atoms with Crippen molar-refractivity contribution in [2.45, 2.75) is 20.4 Å². The van der Waals surface area contributed by atoms with E-state index < -0.39 is 0 Å². The van der Waals surface area contributed by atoms with Gasteiger partial charge in [0.25, 0.3) is 0 Å². The molecule has 0 bridgehead atoms. The molecule has 0 fully saturated rings. The summed E-state index contributed by atoms with van der Waals surface area (Å²) in [5.74, 6) is 0. The molecule has 0 saturated heterocycles. The molecule has 0 unspecified atom stereocenters. The minimum atomic E-state index is 0. The van der Waals surface area contributed by atoms with E-state index in [2.05, 4.69) is 44.1 Å². The molecule has 2 nitrogen and oxygen atoms in total. The fourth-order valence-electron chi connectivity index (χ4n) is 1.60. The maximum Gasteiger partial charge on any atom is 0.0346 e. The summed E-state index contributed by atoms with van der Waals surface area (Å²) in [5, 5.41) is 2.43. The maximum absolute atomic E-state index is 4.10. The second-order valence-corrected chi connectivity index (χ2v) is 3.70. The van der Waals surface area contributed by atoms with Crippen molar-refractivity contribution in [1.29, 1.82) is 0 Å². The molecule has 0 amide bonds. The van der Waals surface area contributed by atoms with Crippen molar-refractivity contribution in [2.75, 3.05) is 6.54 Å². The third-order valence-corrected chi connectivity index (χ3v) is 2.56. The second-order valence-electron chi connectivity index (χ2n) is 3.70. The van der Waals surface area contributed by atoms with Crippen LogP contribution in [0.3, 0.4) is 0 Å². The molecule has 18 heavy (non-hydrogen) atoms. The van der Waals surface area contributed by atoms with Gasteiger partial charge in [0.15, 0.2) is 0 Å². The molecule has 0 aliphatic rings. The van der Waals surface area contributed by atoms with E-state index in [9.17, 15) is 0 Å². The fourth-order valence-corrected chi connectivity index (χ4v) is 1.60. The summed E-state index contributed by atoms with van der Waals surface area (Å²) >= 11 is 0. The van der Waals surface area contributed by atoms with Crippen molar-refractivity contribution in [2.24, 2.45) is 0 Å². The SMILES string of the molecule is [CH2-]C.[CH2-]N(CC)Cc1ccc2cnccc2c1.[Y]. The van der Waals surface area contributed by atoms with Crippen LogP contribution in [0.1, 0.15) is 19.4 Å². The molecule has 0 aliphatic carbocycles. The van der Waals surface area contributed by atoms with Gasteiger partial charge in [0.1, 0.15) is 0 Å². The molecule has 0 saturated carbocycles. The summed E-state index contributed by atoms with van der Waals surface area (Å²) in [6.07, 6.45) is 3.72. The van der Waals surface area contributed by atoms with Crippen molar-refractivity contribution < 1.29 is 32.7 Å². The average Bonchev–Trinajstić information content (AvgIpc) is 2.41. The predicted octanol–water partition coefficient (Wildman–Crippen LogP) is 3.69. The van der Waals surface area contributed by atoms with Gasteiger partial charge in [-0.1, -0.05) is 19.1 Å². The van der Waals surface area contributed by atoms with E-state index in [1.165, 1.54) is 16.3 Å². The minimum Gasteiger partial charge on any atom is -0.456 e. The van der Waals surface area contributed by atoms with Crippen LogP contribution in [-0.2, 0) is 39.3 Å². The Bertz CT molecular complexity index is 457. The zero-order chi connectivity index (χ0) is 12.7. The molecule has 0 N–H and O–H groups in total. The number of fused-ring (bicyclic) bond motifs is 1. The topological polar surface area (TPSA) is 16.1 Å². The Morgan fingerprint density at radius 2 is 1.89 bits per heavy atom. The van der Waals surface area contributed by atoms with Gasteiger partial charge in [0.2, 0.25) is 0 Å². The van der Waals surface area contributed by atoms with Crippen LogP contribution in [-0.4, -0.2) is 16.4 Å². The molecule has 1 heterocycles. The summed E-state index contributed by atoms with van der Waals surface area (Å²) in [4.78, 5) is 6.14. The average molecular weight is 317 g/mol. The molecular weight excluding hydrogens is 297 g/mol. The number of pyridine rings is 1. The molecule has 1 radical (unpaired) electrons. The van der Waals surface area contributed by atoms with Crippen molar-refractivity contribution in [3.63, 3.8) is 0 Å². The third-order valence-electron chi connectivity index (χ3n) is 2.56. The zero-order valence-electron chi connectivity index (χ0n) is 11.3. The van der Waals surface area contributed by atoms with Crippen LogP contribution < -0.4 is 0 Å². The smallest absolute Gasteiger partial charge is 0.0346 e. The molecule has 1 aromatic carbocycles. The summed E-state index contributed by atoms with van der Waals surface area (Å²) in [6, 6.07) is 8.49. The molecule has 1 aromatic heterocycles. The van der Waals surface area contributed by atoms with Crippen LogP contribution in [0.4, 0.5) is 0 Å². The maximum atomic E-state index is 4.10. The number of benzene rings is 1. The first-order chi connectivity index (χ1) is 8.29. The largest absolute Gasteiger partial charge is 0.456 e. The van der Waals surface area contributed by atoms with Crippen LogP contribution in [0, 0.1) is 14.0 Å². The normalized spacial score (nSPS) is 9.61. The molecule has 0 atom stereocenters. The molecule has 0 spiro atoms. The van der Waals surface area contributed by atoms with E-state index in [4.69, 9.17) is 0 Å². The molecule has 2 aromatic rings. The zero-order valence-corrected chi connectivity index (χ0v) is 14.1. The van der Waals surface area contributed by atoms with E-state index >= 15 is 0 Å². The van der Waals surface area contributed by atoms with Gasteiger partial charge in [0.05, 0.1) is 0 Å². The van der Waals surface area contributed by atoms with Crippen LogP contribution in [0.5, 0.6) is 0 Å². The number of hydrogen-bond acceptors (Lipinski definition) is 2. The van der Waals surface area contributed by atoms with Crippen molar-refractivity contribution in [3.8, 4) is 0 Å². The van der Waals surface area contributed by atoms with E-state index in [0.29, 0.717) is 0 Å². The van der Waals surface area contributed by atoms with E-state index in [0.717, 1.165) is 13.1 Å². The predicted molar refractivity (Wildman–Crippen MR) is 74.2 cm³/mol. The number of hydrogen-bond donors (Lipinski definition) is 0. The van der Waals surface area contributed by atoms with Crippen molar-refractivity contribution in [1.82, 2.24) is 9.88 Å². The van der Waals surface area contributed by atoms with E-state index in [1.807, 2.05) is 23.4 Å². The quantitative estimate of drug-likeness (QED) is 0.803. The van der Waals surface area contributed by atoms with Gasteiger partial charge in [-0.05, 0) is 36.2 Å². The standard InChI is InChI=1S/C13H15N2.C2H5.Y/c1-3-15(2)10-11-4-5-13-9-14-7-6-12(13)8-11;1-2;/h4-9H,2-3,10H2,1H3;1H2,2H3;/q2*-1;. The Morgan fingerprint density at radius 1 is 1.17 bits per heavy atom. The molecular formula is C15H20N2Y-2. The first-order valence-electron chi connectivity index (χ1n) is 5.88. The first kappa shape index (κ1) is 17.7. The van der Waals surface area contributed by atoms with Gasteiger partial charge in [-0.15, -0.1) is 0 Å². The summed E-state index contributed by atoms with van der Waals surface area (Å²) in [7, 11) is 3.95. The number of rotatable bonds is 3. The van der Waals surface area contributed by atoms with Gasteiger partial charge >= 0.3 is 0 Å². The summed E-state index contributed by atoms with van der Waals surface area (Å²) in [5.41, 5.74) is 1.30. The van der Waals surface area contributed by atoms with Crippen LogP contribution in [0.2, 0.25) is 0 Å². The number of aromatic nitrogens is 1. The van der Waals surface area contributed by atoms with Crippen molar-refractivity contribution >= 4 is 10.8 Å². The Kier molecular flexibility index (Phi) is 9.44. The Labute approximate surface area is 136 Å². The summed E-state index contributed by atoms with van der Waals surface area (Å²) in [6.45, 7) is 8.97. The van der Waals surface area contributed by atoms with Gasteiger partial charge in [0, 0.05) is 50.5 Å². The van der Waals surface area contributed by atoms with E-state index in [1.54, 1.807) is 6.92 Å². The van der Waals surface area contributed by atoms with Crippen molar-refractivity contribution in [3.05, 3.63) is 56.2 Å². The monoisotopic (exact) mass is 317 g/mol. The third kappa shape index (κ3) is 5.13. The Hall–Kier alpha value is -0.306. The Morgan fingerprint density at radius 3 is 2.56 bits per heavy atom. The van der Waals surface area contributed by atoms with Crippen LogP contribution in [0.25, 0.3) is 10.8 Å². The van der Waals surface area contributed by atoms with Gasteiger partial charge in [-0.3, -0.25) is 12.0 Å². The number of nitrogens with zero attached hydrogens (tertiary/aromatic N) is 2. The molecule has 95 valence electrons. The van der Waals surface area contributed by atoms with Gasteiger partial charge in [-0.25, -0.2) is 0 Å². The minimum absolute atomic E-state index is 0. The van der Waals surface area contributed by atoms with Gasteiger partial charge in [-0.2, -0.15) is 6.92 Å².